The SMILES string of the molecule is Cc1ccc(F)c(NC(=O)C2CCC(CN)CC2)c1F. The Morgan fingerprint density at radius 2 is 1.95 bits per heavy atom. The number of hydrogen-bond donors (Lipinski definition) is 2. The lowest BCUT2D eigenvalue weighted by Gasteiger charge is -2.26. The lowest BCUT2D eigenvalue weighted by molar-refractivity contribution is -0.121. The minimum Gasteiger partial charge on any atom is -0.330 e. The summed E-state index contributed by atoms with van der Waals surface area (Å²) in [6, 6.07) is 2.52. The molecule has 0 saturated heterocycles. The third kappa shape index (κ3) is 3.15. The Labute approximate surface area is 117 Å². The van der Waals surface area contributed by atoms with Crippen LogP contribution in [0.5, 0.6) is 0 Å². The number of carbonyl (C=O) groups is 1. The maximum atomic E-state index is 13.8. The first-order valence-electron chi connectivity index (χ1n) is 6.98. The molecule has 20 heavy (non-hydrogen) atoms. The molecule has 5 heteroatoms. The van der Waals surface area contributed by atoms with Crippen LogP contribution in [0.15, 0.2) is 12.1 Å². The van der Waals surface area contributed by atoms with Gasteiger partial charge in [-0.1, -0.05) is 6.07 Å². The standard InChI is InChI=1S/C15H20F2N2O/c1-9-2-7-12(16)14(13(9)17)19-15(20)11-5-3-10(8-18)4-6-11/h2,7,10-11H,3-6,8,18H2,1H3,(H,19,20). The fourth-order valence-electron chi connectivity index (χ4n) is 2.66. The molecule has 110 valence electrons. The minimum absolute atomic E-state index is 0.183. The Balaban J connectivity index is 2.04. The van der Waals surface area contributed by atoms with E-state index in [-0.39, 0.29) is 17.5 Å². The first kappa shape index (κ1) is 14.9. The van der Waals surface area contributed by atoms with Gasteiger partial charge >= 0.3 is 0 Å². The molecular weight excluding hydrogens is 262 g/mol. The van der Waals surface area contributed by atoms with Crippen LogP contribution >= 0.6 is 0 Å². The van der Waals surface area contributed by atoms with E-state index in [1.807, 2.05) is 0 Å². The number of hydrogen-bond acceptors (Lipinski definition) is 2. The average molecular weight is 282 g/mol. The number of anilines is 1. The van der Waals surface area contributed by atoms with Crippen LogP contribution in [0.3, 0.4) is 0 Å². The highest BCUT2D eigenvalue weighted by Crippen LogP contribution is 2.30. The normalized spacial score (nSPS) is 22.6. The second-order valence-corrected chi connectivity index (χ2v) is 5.50. The number of aryl methyl sites for hydroxylation is 1. The molecule has 0 heterocycles. The van der Waals surface area contributed by atoms with E-state index in [0.29, 0.717) is 18.0 Å². The Morgan fingerprint density at radius 1 is 1.30 bits per heavy atom. The second kappa shape index (κ2) is 6.31. The van der Waals surface area contributed by atoms with Crippen molar-refractivity contribution in [2.45, 2.75) is 32.6 Å². The van der Waals surface area contributed by atoms with E-state index in [1.54, 1.807) is 0 Å². The smallest absolute Gasteiger partial charge is 0.227 e. The molecule has 0 radical (unpaired) electrons. The van der Waals surface area contributed by atoms with Gasteiger partial charge in [0.05, 0.1) is 0 Å². The summed E-state index contributed by atoms with van der Waals surface area (Å²) in [4.78, 5) is 12.1. The van der Waals surface area contributed by atoms with Gasteiger partial charge in [0.25, 0.3) is 0 Å². The molecule has 0 aliphatic heterocycles. The van der Waals surface area contributed by atoms with Crippen molar-refractivity contribution in [1.82, 2.24) is 0 Å². The Kier molecular flexibility index (Phi) is 4.70. The van der Waals surface area contributed by atoms with E-state index in [0.717, 1.165) is 25.7 Å². The van der Waals surface area contributed by atoms with Crippen molar-refractivity contribution in [2.24, 2.45) is 17.6 Å². The monoisotopic (exact) mass is 282 g/mol. The molecule has 1 saturated carbocycles. The number of carbonyl (C=O) groups excluding carboxylic acids is 1. The maximum Gasteiger partial charge on any atom is 0.227 e. The number of halogens is 2. The number of benzene rings is 1. The first-order valence-corrected chi connectivity index (χ1v) is 6.98. The molecular formula is C15H20F2N2O. The molecule has 0 atom stereocenters. The molecule has 3 nitrogen and oxygen atoms in total. The molecule has 1 aromatic carbocycles. The number of rotatable bonds is 3. The summed E-state index contributed by atoms with van der Waals surface area (Å²) in [5.41, 5.74) is 5.58. The van der Waals surface area contributed by atoms with Crippen molar-refractivity contribution >= 4 is 11.6 Å². The summed E-state index contributed by atoms with van der Waals surface area (Å²) in [7, 11) is 0. The summed E-state index contributed by atoms with van der Waals surface area (Å²) >= 11 is 0. The number of amides is 1. The zero-order valence-corrected chi connectivity index (χ0v) is 11.6. The number of nitrogens with two attached hydrogens (primary N) is 1. The van der Waals surface area contributed by atoms with E-state index in [4.69, 9.17) is 5.73 Å². The van der Waals surface area contributed by atoms with Crippen LogP contribution in [0, 0.1) is 30.4 Å². The summed E-state index contributed by atoms with van der Waals surface area (Å²) in [6.07, 6.45) is 3.24. The van der Waals surface area contributed by atoms with Crippen LogP contribution in [0.4, 0.5) is 14.5 Å². The highest BCUT2D eigenvalue weighted by atomic mass is 19.1. The van der Waals surface area contributed by atoms with E-state index in [2.05, 4.69) is 5.32 Å². The van der Waals surface area contributed by atoms with Gasteiger partial charge in [-0.3, -0.25) is 4.79 Å². The fourth-order valence-corrected chi connectivity index (χ4v) is 2.66. The molecule has 0 unspecified atom stereocenters. The van der Waals surface area contributed by atoms with Crippen molar-refractivity contribution in [3.05, 3.63) is 29.3 Å². The molecule has 1 aliphatic rings. The summed E-state index contributed by atoms with van der Waals surface area (Å²) in [5.74, 6) is -1.46. The van der Waals surface area contributed by atoms with Crippen molar-refractivity contribution < 1.29 is 13.6 Å². The summed E-state index contributed by atoms with van der Waals surface area (Å²) in [5, 5.41) is 2.40. The maximum absolute atomic E-state index is 13.8. The van der Waals surface area contributed by atoms with Crippen LogP contribution in [0.1, 0.15) is 31.2 Å². The average Bonchev–Trinajstić information content (AvgIpc) is 2.47. The quantitative estimate of drug-likeness (QED) is 0.895. The lowest BCUT2D eigenvalue weighted by atomic mass is 9.81. The predicted octanol–water partition coefficient (Wildman–Crippen LogP) is 2.98. The van der Waals surface area contributed by atoms with Crippen LogP contribution in [-0.2, 0) is 4.79 Å². The van der Waals surface area contributed by atoms with Gasteiger partial charge in [-0.2, -0.15) is 0 Å². The van der Waals surface area contributed by atoms with E-state index >= 15 is 0 Å². The highest BCUT2D eigenvalue weighted by molar-refractivity contribution is 5.92. The second-order valence-electron chi connectivity index (χ2n) is 5.50. The summed E-state index contributed by atoms with van der Waals surface area (Å²) in [6.45, 7) is 2.17. The first-order chi connectivity index (χ1) is 9.52. The van der Waals surface area contributed by atoms with Gasteiger partial charge in [-0.15, -0.1) is 0 Å². The Morgan fingerprint density at radius 3 is 2.55 bits per heavy atom. The largest absolute Gasteiger partial charge is 0.330 e. The molecule has 2 rings (SSSR count). The summed E-state index contributed by atoms with van der Waals surface area (Å²) < 4.78 is 27.4. The molecule has 1 aromatic rings. The molecule has 0 bridgehead atoms. The van der Waals surface area contributed by atoms with Crippen molar-refractivity contribution in [1.29, 1.82) is 0 Å². The van der Waals surface area contributed by atoms with Gasteiger partial charge in [0, 0.05) is 5.92 Å². The molecule has 1 fully saturated rings. The molecule has 3 N–H and O–H groups in total. The lowest BCUT2D eigenvalue weighted by Crippen LogP contribution is -2.30. The Bertz CT molecular complexity index is 497. The molecule has 0 spiro atoms. The highest BCUT2D eigenvalue weighted by Gasteiger charge is 2.27. The van der Waals surface area contributed by atoms with Gasteiger partial charge in [0.1, 0.15) is 11.5 Å². The third-order valence-corrected chi connectivity index (χ3v) is 4.08. The predicted molar refractivity (Wildman–Crippen MR) is 74.2 cm³/mol. The molecule has 0 aromatic heterocycles. The van der Waals surface area contributed by atoms with Gasteiger partial charge in [0.15, 0.2) is 5.82 Å². The van der Waals surface area contributed by atoms with Gasteiger partial charge in [0.2, 0.25) is 5.91 Å². The number of nitrogens with one attached hydrogen (secondary N) is 1. The zero-order chi connectivity index (χ0) is 14.7. The molecule has 1 aliphatic carbocycles. The topological polar surface area (TPSA) is 55.1 Å². The zero-order valence-electron chi connectivity index (χ0n) is 11.6. The van der Waals surface area contributed by atoms with Crippen LogP contribution < -0.4 is 11.1 Å². The van der Waals surface area contributed by atoms with E-state index in [9.17, 15) is 13.6 Å². The molecule has 1 amide bonds. The van der Waals surface area contributed by atoms with Crippen LogP contribution in [-0.4, -0.2) is 12.5 Å². The van der Waals surface area contributed by atoms with Crippen LogP contribution in [0.2, 0.25) is 0 Å². The van der Waals surface area contributed by atoms with Crippen molar-refractivity contribution in [3.8, 4) is 0 Å². The van der Waals surface area contributed by atoms with E-state index in [1.165, 1.54) is 19.1 Å². The van der Waals surface area contributed by atoms with Gasteiger partial charge in [-0.25, -0.2) is 8.78 Å². The van der Waals surface area contributed by atoms with Crippen molar-refractivity contribution in [2.75, 3.05) is 11.9 Å². The van der Waals surface area contributed by atoms with Crippen molar-refractivity contribution in [3.63, 3.8) is 0 Å². The minimum atomic E-state index is -0.739. The van der Waals surface area contributed by atoms with Crippen LogP contribution in [0.25, 0.3) is 0 Å². The van der Waals surface area contributed by atoms with E-state index < -0.39 is 11.6 Å². The van der Waals surface area contributed by atoms with Gasteiger partial charge in [-0.05, 0) is 56.7 Å². The fraction of sp³-hybridized carbons (Fsp3) is 0.533. The third-order valence-electron chi connectivity index (χ3n) is 4.08. The Hall–Kier alpha value is -1.49. The van der Waals surface area contributed by atoms with Gasteiger partial charge < -0.3 is 11.1 Å².